The summed E-state index contributed by atoms with van der Waals surface area (Å²) in [4.78, 5) is 16.0. The highest BCUT2D eigenvalue weighted by molar-refractivity contribution is 6.00. The lowest BCUT2D eigenvalue weighted by atomic mass is 9.99. The number of amides is 1. The highest BCUT2D eigenvalue weighted by Gasteiger charge is 2.12. The van der Waals surface area contributed by atoms with Gasteiger partial charge >= 0.3 is 0 Å². The molecule has 0 fully saturated rings. The smallest absolute Gasteiger partial charge is 0.247 e. The first-order valence-electron chi connectivity index (χ1n) is 8.42. The van der Waals surface area contributed by atoms with E-state index in [1.165, 1.54) is 11.6 Å². The van der Waals surface area contributed by atoms with Gasteiger partial charge in [-0.15, -0.1) is 0 Å². The van der Waals surface area contributed by atoms with Gasteiger partial charge in [-0.25, -0.2) is 9.67 Å². The Morgan fingerprint density at radius 1 is 1.36 bits per heavy atom. The first kappa shape index (κ1) is 16.9. The maximum absolute atomic E-state index is 11.5. The third kappa shape index (κ3) is 3.31. The summed E-state index contributed by atoms with van der Waals surface area (Å²) in [6.07, 6.45) is 3.98. The summed E-state index contributed by atoms with van der Waals surface area (Å²) in [7, 11) is 0. The van der Waals surface area contributed by atoms with E-state index >= 15 is 0 Å². The van der Waals surface area contributed by atoms with Crippen molar-refractivity contribution in [2.24, 2.45) is 0 Å². The maximum Gasteiger partial charge on any atom is 0.247 e. The summed E-state index contributed by atoms with van der Waals surface area (Å²) in [6, 6.07) is 10.3. The average Bonchev–Trinajstić information content (AvgIpc) is 2.97. The van der Waals surface area contributed by atoms with Crippen LogP contribution in [0, 0.1) is 6.92 Å². The summed E-state index contributed by atoms with van der Waals surface area (Å²) in [6.45, 7) is 9.81. The molecule has 2 aromatic heterocycles. The Morgan fingerprint density at radius 2 is 2.08 bits per heavy atom. The number of aryl methyl sites for hydroxylation is 1. The quantitative estimate of drug-likeness (QED) is 0.705. The van der Waals surface area contributed by atoms with Gasteiger partial charge in [0.2, 0.25) is 5.91 Å². The van der Waals surface area contributed by atoms with Crippen LogP contribution >= 0.6 is 0 Å². The van der Waals surface area contributed by atoms with Crippen molar-refractivity contribution >= 4 is 22.6 Å². The van der Waals surface area contributed by atoms with Crippen molar-refractivity contribution in [2.45, 2.75) is 33.1 Å². The van der Waals surface area contributed by atoms with Crippen molar-refractivity contribution in [1.82, 2.24) is 14.8 Å². The number of anilines is 1. The van der Waals surface area contributed by atoms with Crippen LogP contribution in [0.4, 0.5) is 5.69 Å². The fraction of sp³-hybridized carbons (Fsp3) is 0.250. The predicted octanol–water partition coefficient (Wildman–Crippen LogP) is 4.37. The van der Waals surface area contributed by atoms with Gasteiger partial charge in [0, 0.05) is 5.39 Å². The van der Waals surface area contributed by atoms with Gasteiger partial charge < -0.3 is 5.32 Å². The van der Waals surface area contributed by atoms with E-state index in [-0.39, 0.29) is 5.91 Å². The summed E-state index contributed by atoms with van der Waals surface area (Å²) in [5, 5.41) is 8.26. The van der Waals surface area contributed by atoms with Crippen LogP contribution in [0.15, 0.2) is 49.2 Å². The topological polar surface area (TPSA) is 59.8 Å². The van der Waals surface area contributed by atoms with Crippen LogP contribution in [0.3, 0.4) is 0 Å². The molecule has 0 aliphatic carbocycles. The molecule has 128 valence electrons. The van der Waals surface area contributed by atoms with Crippen molar-refractivity contribution in [3.63, 3.8) is 0 Å². The van der Waals surface area contributed by atoms with E-state index in [1.807, 2.05) is 17.7 Å². The lowest BCUT2D eigenvalue weighted by Gasteiger charge is -2.10. The Hall–Kier alpha value is -2.95. The first-order chi connectivity index (χ1) is 12.0. The Bertz CT molecular complexity index is 925. The molecule has 5 nitrogen and oxygen atoms in total. The zero-order valence-electron chi connectivity index (χ0n) is 14.8. The third-order valence-electron chi connectivity index (χ3n) is 4.48. The molecule has 1 unspecified atom stereocenters. The number of pyridine rings is 1. The minimum absolute atomic E-state index is 0.258. The van der Waals surface area contributed by atoms with Crippen molar-refractivity contribution in [1.29, 1.82) is 0 Å². The van der Waals surface area contributed by atoms with Gasteiger partial charge in [0.05, 0.1) is 23.3 Å². The number of rotatable bonds is 5. The van der Waals surface area contributed by atoms with Gasteiger partial charge in [-0.1, -0.05) is 32.6 Å². The number of fused-ring (bicyclic) bond motifs is 1. The molecule has 3 aromatic rings. The van der Waals surface area contributed by atoms with Crippen LogP contribution in [-0.2, 0) is 4.79 Å². The van der Waals surface area contributed by atoms with Crippen LogP contribution < -0.4 is 5.32 Å². The molecule has 1 atom stereocenters. The molecule has 1 N–H and O–H groups in total. The Labute approximate surface area is 147 Å². The van der Waals surface area contributed by atoms with Crippen molar-refractivity contribution in [3.8, 4) is 5.69 Å². The molecule has 0 spiro atoms. The molecule has 0 radical (unpaired) electrons. The Morgan fingerprint density at radius 3 is 2.72 bits per heavy atom. The summed E-state index contributed by atoms with van der Waals surface area (Å²) >= 11 is 0. The molecule has 0 saturated heterocycles. The molecule has 0 aliphatic heterocycles. The van der Waals surface area contributed by atoms with E-state index in [1.54, 1.807) is 6.20 Å². The molecule has 0 bridgehead atoms. The highest BCUT2D eigenvalue weighted by Crippen LogP contribution is 2.25. The molecular formula is C20H22N4O. The van der Waals surface area contributed by atoms with Gasteiger partial charge in [0.1, 0.15) is 0 Å². The van der Waals surface area contributed by atoms with Gasteiger partial charge in [-0.2, -0.15) is 5.10 Å². The zero-order chi connectivity index (χ0) is 18.0. The molecular weight excluding hydrogens is 312 g/mol. The zero-order valence-corrected chi connectivity index (χ0v) is 14.8. The van der Waals surface area contributed by atoms with E-state index in [4.69, 9.17) is 0 Å². The third-order valence-corrected chi connectivity index (χ3v) is 4.48. The molecule has 3 rings (SSSR count). The molecule has 25 heavy (non-hydrogen) atoms. The van der Waals surface area contributed by atoms with Crippen molar-refractivity contribution in [2.75, 3.05) is 5.32 Å². The fourth-order valence-electron chi connectivity index (χ4n) is 2.77. The lowest BCUT2D eigenvalue weighted by Crippen LogP contribution is -2.07. The van der Waals surface area contributed by atoms with E-state index in [9.17, 15) is 4.79 Å². The monoisotopic (exact) mass is 334 g/mol. The highest BCUT2D eigenvalue weighted by atomic mass is 16.1. The van der Waals surface area contributed by atoms with Gasteiger partial charge in [0.15, 0.2) is 5.65 Å². The SMILES string of the molecule is C=CC(=O)Nc1cnc2c(c1)c(C)nn2-c1ccc(C(C)CC)cc1. The van der Waals surface area contributed by atoms with Crippen LogP contribution in [0.1, 0.15) is 37.4 Å². The number of carbonyl (C=O) groups is 1. The number of carbonyl (C=O) groups excluding carboxylic acids is 1. The molecule has 0 saturated carbocycles. The van der Waals surface area contributed by atoms with Gasteiger partial charge in [0.25, 0.3) is 0 Å². The predicted molar refractivity (Wildman–Crippen MR) is 101 cm³/mol. The molecule has 1 amide bonds. The largest absolute Gasteiger partial charge is 0.321 e. The molecule has 5 heteroatoms. The van der Waals surface area contributed by atoms with E-state index in [2.05, 4.69) is 60.1 Å². The summed E-state index contributed by atoms with van der Waals surface area (Å²) in [5.74, 6) is 0.283. The minimum Gasteiger partial charge on any atom is -0.321 e. The Balaban J connectivity index is 2.00. The Kier molecular flexibility index (Phi) is 4.65. The average molecular weight is 334 g/mol. The van der Waals surface area contributed by atoms with E-state index in [0.29, 0.717) is 11.6 Å². The lowest BCUT2D eigenvalue weighted by molar-refractivity contribution is -0.111. The van der Waals surface area contributed by atoms with E-state index < -0.39 is 0 Å². The number of benzene rings is 1. The fourth-order valence-corrected chi connectivity index (χ4v) is 2.77. The molecule has 2 heterocycles. The number of hydrogen-bond donors (Lipinski definition) is 1. The standard InChI is InChI=1S/C20H22N4O/c1-5-13(3)15-7-9-17(10-8-15)24-20-18(14(4)23-24)11-16(12-21-20)22-19(25)6-2/h6-13H,2,5H2,1,3-4H3,(H,22,25). The van der Waals surface area contributed by atoms with E-state index in [0.717, 1.165) is 28.8 Å². The molecule has 1 aromatic carbocycles. The summed E-state index contributed by atoms with van der Waals surface area (Å²) < 4.78 is 1.84. The normalized spacial score (nSPS) is 12.1. The number of nitrogens with zero attached hydrogens (tertiary/aromatic N) is 3. The number of hydrogen-bond acceptors (Lipinski definition) is 3. The van der Waals surface area contributed by atoms with Crippen LogP contribution in [0.25, 0.3) is 16.7 Å². The number of aromatic nitrogens is 3. The van der Waals surface area contributed by atoms with Crippen molar-refractivity contribution < 1.29 is 4.79 Å². The second-order valence-electron chi connectivity index (χ2n) is 6.19. The maximum atomic E-state index is 11.5. The van der Waals surface area contributed by atoms with Crippen LogP contribution in [-0.4, -0.2) is 20.7 Å². The second-order valence-corrected chi connectivity index (χ2v) is 6.19. The number of nitrogens with one attached hydrogen (secondary N) is 1. The minimum atomic E-state index is -0.258. The summed E-state index contributed by atoms with van der Waals surface area (Å²) in [5.41, 5.74) is 4.56. The molecule has 0 aliphatic rings. The first-order valence-corrected chi connectivity index (χ1v) is 8.42. The second kappa shape index (κ2) is 6.89. The van der Waals surface area contributed by atoms with Crippen molar-refractivity contribution in [3.05, 3.63) is 60.4 Å². The van der Waals surface area contributed by atoms with Gasteiger partial charge in [-0.05, 0) is 49.1 Å². The van der Waals surface area contributed by atoms with Gasteiger partial charge in [-0.3, -0.25) is 4.79 Å². The van der Waals surface area contributed by atoms with Crippen LogP contribution in [0.2, 0.25) is 0 Å². The van der Waals surface area contributed by atoms with Crippen LogP contribution in [0.5, 0.6) is 0 Å².